The first-order valence-electron chi connectivity index (χ1n) is 6.18. The SMILES string of the molecule is CN1CCC(Nc2c(Cl)cccc2C(F)(F)F)CC1. The molecule has 0 aromatic heterocycles. The Morgan fingerprint density at radius 1 is 1.26 bits per heavy atom. The maximum Gasteiger partial charge on any atom is 0.418 e. The van der Waals surface area contributed by atoms with E-state index < -0.39 is 11.7 Å². The third kappa shape index (κ3) is 3.54. The summed E-state index contributed by atoms with van der Waals surface area (Å²) in [7, 11) is 2.01. The van der Waals surface area contributed by atoms with Gasteiger partial charge in [0.2, 0.25) is 0 Å². The van der Waals surface area contributed by atoms with Crippen molar-refractivity contribution in [3.63, 3.8) is 0 Å². The molecular formula is C13H16ClF3N2. The van der Waals surface area contributed by atoms with Crippen LogP contribution in [0.15, 0.2) is 18.2 Å². The Morgan fingerprint density at radius 3 is 2.47 bits per heavy atom. The van der Waals surface area contributed by atoms with Gasteiger partial charge in [-0.1, -0.05) is 17.7 Å². The highest BCUT2D eigenvalue weighted by molar-refractivity contribution is 6.33. The second-order valence-corrected chi connectivity index (χ2v) is 5.29. The van der Waals surface area contributed by atoms with Crippen molar-refractivity contribution in [1.29, 1.82) is 0 Å². The van der Waals surface area contributed by atoms with Crippen LogP contribution in [0.4, 0.5) is 18.9 Å². The molecule has 0 spiro atoms. The number of para-hydroxylation sites is 1. The maximum atomic E-state index is 12.9. The summed E-state index contributed by atoms with van der Waals surface area (Å²) in [4.78, 5) is 2.16. The van der Waals surface area contributed by atoms with Gasteiger partial charge in [0.05, 0.1) is 16.3 Å². The number of rotatable bonds is 2. The Labute approximate surface area is 115 Å². The number of hydrogen-bond acceptors (Lipinski definition) is 2. The van der Waals surface area contributed by atoms with Crippen molar-refractivity contribution in [2.75, 3.05) is 25.5 Å². The Morgan fingerprint density at radius 2 is 1.89 bits per heavy atom. The van der Waals surface area contributed by atoms with Crippen molar-refractivity contribution in [2.45, 2.75) is 25.1 Å². The Bertz CT molecular complexity index is 440. The zero-order chi connectivity index (χ0) is 14.0. The van der Waals surface area contributed by atoms with Gasteiger partial charge in [-0.3, -0.25) is 0 Å². The van der Waals surface area contributed by atoms with Gasteiger partial charge in [-0.25, -0.2) is 0 Å². The normalized spacial score (nSPS) is 18.6. The number of halogens is 4. The van der Waals surface area contributed by atoms with E-state index in [0.717, 1.165) is 32.0 Å². The molecule has 0 bridgehead atoms. The van der Waals surface area contributed by atoms with Crippen molar-refractivity contribution < 1.29 is 13.2 Å². The highest BCUT2D eigenvalue weighted by atomic mass is 35.5. The molecule has 0 aliphatic carbocycles. The molecule has 0 radical (unpaired) electrons. The first-order chi connectivity index (χ1) is 8.88. The van der Waals surface area contributed by atoms with Crippen LogP contribution < -0.4 is 5.32 Å². The van der Waals surface area contributed by atoms with Gasteiger partial charge in [-0.2, -0.15) is 13.2 Å². The number of alkyl halides is 3. The largest absolute Gasteiger partial charge is 0.418 e. The molecule has 1 aliphatic heterocycles. The van der Waals surface area contributed by atoms with Gasteiger partial charge in [-0.15, -0.1) is 0 Å². The highest BCUT2D eigenvalue weighted by Crippen LogP contribution is 2.39. The number of benzene rings is 1. The average Bonchev–Trinajstić information content (AvgIpc) is 2.33. The summed E-state index contributed by atoms with van der Waals surface area (Å²) in [6.07, 6.45) is -2.75. The lowest BCUT2D eigenvalue weighted by Gasteiger charge is -2.31. The fourth-order valence-electron chi connectivity index (χ4n) is 2.26. The van der Waals surface area contributed by atoms with E-state index in [2.05, 4.69) is 10.2 Å². The van der Waals surface area contributed by atoms with Gasteiger partial charge >= 0.3 is 6.18 Å². The predicted octanol–water partition coefficient (Wildman–Crippen LogP) is 3.86. The summed E-state index contributed by atoms with van der Waals surface area (Å²) in [5.41, 5.74) is -0.690. The van der Waals surface area contributed by atoms with E-state index in [1.54, 1.807) is 0 Å². The van der Waals surface area contributed by atoms with E-state index in [1.165, 1.54) is 12.1 Å². The molecule has 1 heterocycles. The second-order valence-electron chi connectivity index (χ2n) is 4.88. The summed E-state index contributed by atoms with van der Waals surface area (Å²) >= 11 is 5.91. The molecule has 1 aromatic rings. The third-order valence-electron chi connectivity index (χ3n) is 3.39. The monoisotopic (exact) mass is 292 g/mol. The molecule has 1 N–H and O–H groups in total. The van der Waals surface area contributed by atoms with Crippen LogP contribution in [0.25, 0.3) is 0 Å². The quantitative estimate of drug-likeness (QED) is 0.890. The number of nitrogens with one attached hydrogen (secondary N) is 1. The Hall–Kier alpha value is -0.940. The molecule has 1 aromatic carbocycles. The lowest BCUT2D eigenvalue weighted by molar-refractivity contribution is -0.137. The summed E-state index contributed by atoms with van der Waals surface area (Å²) in [5.74, 6) is 0. The van der Waals surface area contributed by atoms with E-state index in [-0.39, 0.29) is 16.8 Å². The predicted molar refractivity (Wildman–Crippen MR) is 70.6 cm³/mol. The molecule has 0 amide bonds. The van der Waals surface area contributed by atoms with Crippen LogP contribution in [0.3, 0.4) is 0 Å². The zero-order valence-corrected chi connectivity index (χ0v) is 11.4. The zero-order valence-electron chi connectivity index (χ0n) is 10.6. The van der Waals surface area contributed by atoms with E-state index in [1.807, 2.05) is 7.05 Å². The lowest BCUT2D eigenvalue weighted by atomic mass is 10.0. The molecule has 19 heavy (non-hydrogen) atoms. The van der Waals surface area contributed by atoms with Crippen LogP contribution in [-0.4, -0.2) is 31.1 Å². The van der Waals surface area contributed by atoms with Crippen LogP contribution >= 0.6 is 11.6 Å². The smallest absolute Gasteiger partial charge is 0.381 e. The van der Waals surface area contributed by atoms with Gasteiger partial charge in [0.1, 0.15) is 0 Å². The first kappa shape index (κ1) is 14.5. The van der Waals surface area contributed by atoms with Gasteiger partial charge in [0, 0.05) is 6.04 Å². The average molecular weight is 293 g/mol. The van der Waals surface area contributed by atoms with Crippen LogP contribution in [-0.2, 0) is 6.18 Å². The Kier molecular flexibility index (Phi) is 4.26. The summed E-state index contributed by atoms with van der Waals surface area (Å²) in [5, 5.41) is 3.09. The molecular weight excluding hydrogens is 277 g/mol. The number of likely N-dealkylation sites (tertiary alicyclic amines) is 1. The van der Waals surface area contributed by atoms with E-state index >= 15 is 0 Å². The van der Waals surface area contributed by atoms with Crippen molar-refractivity contribution in [3.8, 4) is 0 Å². The number of hydrogen-bond donors (Lipinski definition) is 1. The molecule has 0 atom stereocenters. The molecule has 6 heteroatoms. The second kappa shape index (κ2) is 5.59. The number of piperidine rings is 1. The van der Waals surface area contributed by atoms with Crippen molar-refractivity contribution in [2.24, 2.45) is 0 Å². The summed E-state index contributed by atoms with van der Waals surface area (Å²) in [6, 6.07) is 3.90. The van der Waals surface area contributed by atoms with Crippen LogP contribution in [0.2, 0.25) is 5.02 Å². The number of nitrogens with zero attached hydrogens (tertiary/aromatic N) is 1. The van der Waals surface area contributed by atoms with E-state index in [9.17, 15) is 13.2 Å². The molecule has 2 rings (SSSR count). The topological polar surface area (TPSA) is 15.3 Å². The summed E-state index contributed by atoms with van der Waals surface area (Å²) < 4.78 is 38.8. The lowest BCUT2D eigenvalue weighted by Crippen LogP contribution is -2.37. The van der Waals surface area contributed by atoms with Crippen LogP contribution in [0, 0.1) is 0 Å². The number of anilines is 1. The van der Waals surface area contributed by atoms with Crippen molar-refractivity contribution in [3.05, 3.63) is 28.8 Å². The van der Waals surface area contributed by atoms with Crippen molar-refractivity contribution >= 4 is 17.3 Å². The molecule has 0 unspecified atom stereocenters. The molecule has 1 saturated heterocycles. The fourth-order valence-corrected chi connectivity index (χ4v) is 2.49. The highest BCUT2D eigenvalue weighted by Gasteiger charge is 2.35. The Balaban J connectivity index is 2.20. The molecule has 106 valence electrons. The fraction of sp³-hybridized carbons (Fsp3) is 0.538. The minimum absolute atomic E-state index is 0.00576. The molecule has 1 aliphatic rings. The molecule has 2 nitrogen and oxygen atoms in total. The summed E-state index contributed by atoms with van der Waals surface area (Å²) in [6.45, 7) is 1.76. The van der Waals surface area contributed by atoms with Gasteiger partial charge in [0.15, 0.2) is 0 Å². The standard InChI is InChI=1S/C13H16ClF3N2/c1-19-7-5-9(6-8-19)18-12-10(13(15,16)17)3-2-4-11(12)14/h2-4,9,18H,5-8H2,1H3. The minimum Gasteiger partial charge on any atom is -0.381 e. The van der Waals surface area contributed by atoms with Gasteiger partial charge in [0.25, 0.3) is 0 Å². The van der Waals surface area contributed by atoms with Crippen molar-refractivity contribution in [1.82, 2.24) is 4.90 Å². The van der Waals surface area contributed by atoms with Gasteiger partial charge < -0.3 is 10.2 Å². The third-order valence-corrected chi connectivity index (χ3v) is 3.70. The van der Waals surface area contributed by atoms with Crippen LogP contribution in [0.1, 0.15) is 18.4 Å². The molecule has 0 saturated carbocycles. The maximum absolute atomic E-state index is 12.9. The first-order valence-corrected chi connectivity index (χ1v) is 6.56. The minimum atomic E-state index is -4.39. The van der Waals surface area contributed by atoms with Gasteiger partial charge in [-0.05, 0) is 45.1 Å². The van der Waals surface area contributed by atoms with E-state index in [0.29, 0.717) is 0 Å². The molecule has 1 fully saturated rings. The van der Waals surface area contributed by atoms with Crippen LogP contribution in [0.5, 0.6) is 0 Å². The van der Waals surface area contributed by atoms with E-state index in [4.69, 9.17) is 11.6 Å².